The number of phenolic OH excluding ortho intramolecular Hbond substituents is 1. The second-order valence-corrected chi connectivity index (χ2v) is 6.04. The lowest BCUT2D eigenvalue weighted by Gasteiger charge is -2.22. The van der Waals surface area contributed by atoms with Crippen molar-refractivity contribution in [1.29, 1.82) is 0 Å². The Hall–Kier alpha value is -3.45. The molecule has 0 unspecified atom stereocenters. The minimum absolute atomic E-state index is 0.113. The van der Waals surface area contributed by atoms with Crippen LogP contribution in [0, 0.1) is 11.8 Å². The maximum Gasteiger partial charge on any atom is 0.341 e. The van der Waals surface area contributed by atoms with Crippen molar-refractivity contribution in [3.63, 3.8) is 0 Å². The second-order valence-electron chi connectivity index (χ2n) is 6.04. The smallest absolute Gasteiger partial charge is 0.341 e. The van der Waals surface area contributed by atoms with Crippen molar-refractivity contribution in [2.45, 2.75) is 6.92 Å². The second kappa shape index (κ2) is 8.29. The number of carbonyl (C=O) groups is 1. The van der Waals surface area contributed by atoms with Crippen molar-refractivity contribution in [2.24, 2.45) is 0 Å². The minimum atomic E-state index is -0.581. The predicted molar refractivity (Wildman–Crippen MR) is 108 cm³/mol. The van der Waals surface area contributed by atoms with E-state index in [2.05, 4.69) is 58.7 Å². The van der Waals surface area contributed by atoms with E-state index < -0.39 is 5.97 Å². The molecule has 3 aromatic rings. The molecule has 0 saturated carbocycles. The lowest BCUT2D eigenvalue weighted by Crippen LogP contribution is -2.23. The average Bonchev–Trinajstić information content (AvgIpc) is 2.71. The summed E-state index contributed by atoms with van der Waals surface area (Å²) in [5.41, 5.74) is 1.92. The first-order chi connectivity index (χ1) is 13.1. The summed E-state index contributed by atoms with van der Waals surface area (Å²) in [6.45, 7) is 3.48. The maximum absolute atomic E-state index is 11.7. The number of nitrogens with zero attached hydrogens (tertiary/aromatic N) is 1. The summed E-state index contributed by atoms with van der Waals surface area (Å²) in [6, 6.07) is 19.2. The van der Waals surface area contributed by atoms with Crippen LogP contribution in [0.5, 0.6) is 5.75 Å². The molecule has 0 aliphatic heterocycles. The fourth-order valence-electron chi connectivity index (χ4n) is 2.98. The van der Waals surface area contributed by atoms with E-state index in [1.807, 2.05) is 12.1 Å². The van der Waals surface area contributed by atoms with Gasteiger partial charge in [-0.15, -0.1) is 0 Å². The van der Waals surface area contributed by atoms with Crippen molar-refractivity contribution >= 4 is 22.4 Å². The largest absolute Gasteiger partial charge is 0.507 e. The van der Waals surface area contributed by atoms with Crippen LogP contribution >= 0.6 is 0 Å². The number of anilines is 1. The molecule has 0 heterocycles. The van der Waals surface area contributed by atoms with Crippen LogP contribution in [-0.2, 0) is 4.74 Å². The van der Waals surface area contributed by atoms with Crippen LogP contribution in [0.15, 0.2) is 60.7 Å². The SMILES string of the molecule is CCN(CC#Cc1ccc(O)c(C(=O)OC)c1)c1cccc2ccccc12. The Morgan fingerprint density at radius 1 is 1.11 bits per heavy atom. The molecule has 0 atom stereocenters. The summed E-state index contributed by atoms with van der Waals surface area (Å²) in [6.07, 6.45) is 0. The Morgan fingerprint density at radius 2 is 1.89 bits per heavy atom. The molecule has 0 amide bonds. The highest BCUT2D eigenvalue weighted by atomic mass is 16.5. The fourth-order valence-corrected chi connectivity index (χ4v) is 2.98. The number of fused-ring (bicyclic) bond motifs is 1. The van der Waals surface area contributed by atoms with Gasteiger partial charge in [0.2, 0.25) is 0 Å². The summed E-state index contributed by atoms with van der Waals surface area (Å²) in [5.74, 6) is 5.53. The van der Waals surface area contributed by atoms with Crippen molar-refractivity contribution in [3.8, 4) is 17.6 Å². The molecule has 0 spiro atoms. The standard InChI is InChI=1S/C23H21NO3/c1-3-24(21-12-6-10-18-9-4-5-11-19(18)21)15-7-8-17-13-14-22(25)20(16-17)23(26)27-2/h4-6,9-14,16,25H,3,15H2,1-2H3. The van der Waals surface area contributed by atoms with Crippen LogP contribution in [0.2, 0.25) is 0 Å². The number of carbonyl (C=O) groups excluding carboxylic acids is 1. The Morgan fingerprint density at radius 3 is 2.67 bits per heavy atom. The van der Waals surface area contributed by atoms with Gasteiger partial charge in [-0.3, -0.25) is 0 Å². The summed E-state index contributed by atoms with van der Waals surface area (Å²) in [5, 5.41) is 12.2. The third-order valence-corrected chi connectivity index (χ3v) is 4.39. The lowest BCUT2D eigenvalue weighted by molar-refractivity contribution is 0.0597. The quantitative estimate of drug-likeness (QED) is 0.560. The van der Waals surface area contributed by atoms with E-state index in [1.165, 1.54) is 23.9 Å². The summed E-state index contributed by atoms with van der Waals surface area (Å²) in [4.78, 5) is 13.9. The summed E-state index contributed by atoms with van der Waals surface area (Å²) in [7, 11) is 1.28. The Bertz CT molecular complexity index is 1030. The van der Waals surface area contributed by atoms with E-state index in [0.717, 1.165) is 12.2 Å². The van der Waals surface area contributed by atoms with Gasteiger partial charge in [0.1, 0.15) is 11.3 Å². The van der Waals surface area contributed by atoms with Crippen molar-refractivity contribution < 1.29 is 14.6 Å². The topological polar surface area (TPSA) is 49.8 Å². The number of ether oxygens (including phenoxy) is 1. The Kier molecular flexibility index (Phi) is 5.63. The number of hydrogen-bond donors (Lipinski definition) is 1. The van der Waals surface area contributed by atoms with Crippen molar-refractivity contribution in [3.05, 3.63) is 71.8 Å². The molecule has 1 N–H and O–H groups in total. The molecule has 0 aromatic heterocycles. The molecule has 3 aromatic carbocycles. The summed E-state index contributed by atoms with van der Waals surface area (Å²) < 4.78 is 4.68. The number of methoxy groups -OCH3 is 1. The van der Waals surface area contributed by atoms with E-state index in [-0.39, 0.29) is 11.3 Å². The van der Waals surface area contributed by atoms with Crippen molar-refractivity contribution in [1.82, 2.24) is 0 Å². The van der Waals surface area contributed by atoms with E-state index in [4.69, 9.17) is 0 Å². The Balaban J connectivity index is 1.84. The van der Waals surface area contributed by atoms with Gasteiger partial charge in [-0.2, -0.15) is 0 Å². The van der Waals surface area contributed by atoms with Crippen LogP contribution in [0.1, 0.15) is 22.8 Å². The fraction of sp³-hybridized carbons (Fsp3) is 0.174. The van der Waals surface area contributed by atoms with Crippen molar-refractivity contribution in [2.75, 3.05) is 25.1 Å². The highest BCUT2D eigenvalue weighted by Crippen LogP contribution is 2.26. The number of benzene rings is 3. The molecule has 27 heavy (non-hydrogen) atoms. The van der Waals surface area contributed by atoms with Crippen LogP contribution in [0.25, 0.3) is 10.8 Å². The van der Waals surface area contributed by atoms with Gasteiger partial charge in [0, 0.05) is 23.2 Å². The molecule has 0 aliphatic carbocycles. The Labute approximate surface area is 159 Å². The molecule has 136 valence electrons. The molecule has 4 heteroatoms. The van der Waals surface area contributed by atoms with Gasteiger partial charge >= 0.3 is 5.97 Å². The molecule has 0 bridgehead atoms. The lowest BCUT2D eigenvalue weighted by atomic mass is 10.1. The summed E-state index contributed by atoms with van der Waals surface area (Å²) >= 11 is 0. The van der Waals surface area contributed by atoms with Crippen LogP contribution in [-0.4, -0.2) is 31.3 Å². The maximum atomic E-state index is 11.7. The zero-order valence-corrected chi connectivity index (χ0v) is 15.4. The zero-order valence-electron chi connectivity index (χ0n) is 15.4. The normalized spacial score (nSPS) is 10.1. The predicted octanol–water partition coefficient (Wildman–Crippen LogP) is 4.21. The first-order valence-electron chi connectivity index (χ1n) is 8.77. The van der Waals surface area contributed by atoms with E-state index in [9.17, 15) is 9.90 Å². The van der Waals surface area contributed by atoms with E-state index in [0.29, 0.717) is 12.1 Å². The highest BCUT2D eigenvalue weighted by Gasteiger charge is 2.11. The van der Waals surface area contributed by atoms with Gasteiger partial charge in [-0.25, -0.2) is 4.79 Å². The van der Waals surface area contributed by atoms with Gasteiger partial charge in [0.15, 0.2) is 0 Å². The average molecular weight is 359 g/mol. The van der Waals surface area contributed by atoms with Gasteiger partial charge in [0.05, 0.1) is 13.7 Å². The third-order valence-electron chi connectivity index (χ3n) is 4.39. The molecule has 4 nitrogen and oxygen atoms in total. The number of esters is 1. The highest BCUT2D eigenvalue weighted by molar-refractivity contribution is 5.94. The first-order valence-corrected chi connectivity index (χ1v) is 8.77. The number of rotatable bonds is 4. The van der Waals surface area contributed by atoms with Crippen LogP contribution in [0.4, 0.5) is 5.69 Å². The molecular weight excluding hydrogens is 338 g/mol. The molecular formula is C23H21NO3. The zero-order chi connectivity index (χ0) is 19.2. The van der Waals surface area contributed by atoms with E-state index in [1.54, 1.807) is 12.1 Å². The molecule has 0 radical (unpaired) electrons. The van der Waals surface area contributed by atoms with Gasteiger partial charge in [0.25, 0.3) is 0 Å². The first kappa shape index (κ1) is 18.3. The van der Waals surface area contributed by atoms with Crippen LogP contribution < -0.4 is 4.90 Å². The number of phenols is 1. The molecule has 0 aliphatic rings. The molecule has 3 rings (SSSR count). The number of hydrogen-bond acceptors (Lipinski definition) is 4. The molecule has 0 saturated heterocycles. The van der Waals surface area contributed by atoms with Gasteiger partial charge < -0.3 is 14.7 Å². The number of aromatic hydroxyl groups is 1. The van der Waals surface area contributed by atoms with E-state index >= 15 is 0 Å². The monoisotopic (exact) mass is 359 g/mol. The van der Waals surface area contributed by atoms with Gasteiger partial charge in [-0.1, -0.05) is 48.2 Å². The van der Waals surface area contributed by atoms with Crippen LogP contribution in [0.3, 0.4) is 0 Å². The molecule has 0 fully saturated rings. The van der Waals surface area contributed by atoms with Gasteiger partial charge in [-0.05, 0) is 36.6 Å². The minimum Gasteiger partial charge on any atom is -0.507 e. The third kappa shape index (κ3) is 4.04.